The van der Waals surface area contributed by atoms with Gasteiger partial charge in [0.1, 0.15) is 11.3 Å². The Kier molecular flexibility index (Phi) is 4.97. The molecule has 10 heteroatoms. The van der Waals surface area contributed by atoms with E-state index in [0.29, 0.717) is 4.73 Å². The van der Waals surface area contributed by atoms with E-state index in [1.807, 2.05) is 0 Å². The number of hydrogen-bond donors (Lipinski definition) is 1. The molecule has 2 aromatic heterocycles. The predicted molar refractivity (Wildman–Crippen MR) is 86.4 cm³/mol. The molecule has 0 aliphatic rings. The Morgan fingerprint density at radius 1 is 1.21 bits per heavy atom. The van der Waals surface area contributed by atoms with E-state index in [4.69, 9.17) is 4.84 Å². The van der Waals surface area contributed by atoms with Crippen LogP contribution in [-0.4, -0.2) is 59.5 Å². The number of nitrogens with zero attached hydrogens (tertiary/aromatic N) is 4. The van der Waals surface area contributed by atoms with Crippen molar-refractivity contribution in [3.63, 3.8) is 0 Å². The Labute approximate surface area is 157 Å². The van der Waals surface area contributed by atoms with E-state index in [1.54, 1.807) is 7.05 Å². The van der Waals surface area contributed by atoms with Crippen molar-refractivity contribution in [3.8, 4) is 5.75 Å². The van der Waals surface area contributed by atoms with Gasteiger partial charge in [-0.25, -0.2) is 14.6 Å². The molecule has 1 N–H and O–H groups in total. The number of aryl methyl sites for hydroxylation is 2. The molecule has 0 atom stereocenters. The number of aromatic hydroxyl groups is 1. The van der Waals surface area contributed by atoms with Crippen LogP contribution in [0.15, 0.2) is 40.2 Å². The van der Waals surface area contributed by atoms with Gasteiger partial charge in [-0.2, -0.15) is 0 Å². The molecular weight excluding hydrogens is 327 g/mol. The first kappa shape index (κ1) is 18.0. The van der Waals surface area contributed by atoms with Crippen molar-refractivity contribution in [2.75, 3.05) is 0 Å². The molecule has 2 heterocycles. The minimum absolute atomic E-state index is 0. The molecule has 0 aliphatic heterocycles. The first-order chi connectivity index (χ1) is 10.9. The molecule has 9 nitrogen and oxygen atoms in total. The van der Waals surface area contributed by atoms with Gasteiger partial charge in [-0.1, -0.05) is 16.9 Å². The van der Waals surface area contributed by atoms with E-state index in [9.17, 15) is 19.5 Å². The van der Waals surface area contributed by atoms with E-state index in [0.717, 1.165) is 4.57 Å². The maximum atomic E-state index is 12.4. The number of benzene rings is 1. The van der Waals surface area contributed by atoms with Crippen LogP contribution in [0.2, 0.25) is 0 Å². The Bertz CT molecular complexity index is 1050. The predicted octanol–water partition coefficient (Wildman–Crippen LogP) is -1.24. The normalized spacial score (nSPS) is 10.4. The van der Waals surface area contributed by atoms with Gasteiger partial charge >= 0.3 is 46.8 Å². The fourth-order valence-corrected chi connectivity index (χ4v) is 2.18. The van der Waals surface area contributed by atoms with Crippen LogP contribution in [0, 0.1) is 0 Å². The molecule has 3 rings (SSSR count). The Morgan fingerprint density at radius 2 is 1.88 bits per heavy atom. The van der Waals surface area contributed by atoms with E-state index >= 15 is 0 Å². The second kappa shape index (κ2) is 6.63. The van der Waals surface area contributed by atoms with Crippen LogP contribution in [-0.2, 0) is 14.1 Å². The van der Waals surface area contributed by atoms with Crippen molar-refractivity contribution in [2.24, 2.45) is 14.1 Å². The number of carbonyl (C=O) groups excluding carboxylic acids is 1. The number of para-hydroxylation sites is 1. The third kappa shape index (κ3) is 2.77. The van der Waals surface area contributed by atoms with Crippen LogP contribution in [0.25, 0.3) is 11.2 Å². The van der Waals surface area contributed by atoms with E-state index in [-0.39, 0.29) is 52.0 Å². The number of carbonyl (C=O) groups is 1. The fraction of sp³-hybridized carbons (Fsp3) is 0.143. The second-order valence-electron chi connectivity index (χ2n) is 4.86. The number of phenols is 1. The standard InChI is InChI=1S/C14H12N4O5.Na.H/c1-16-7-15-11-10(16)12(20)18(14(22)17(11)2)23-13(21)8-5-3-4-6-9(8)19;;/h3-7,19H,1-2H3;;. The summed E-state index contributed by atoms with van der Waals surface area (Å²) in [6.45, 7) is 0. The molecule has 0 amide bonds. The van der Waals surface area contributed by atoms with E-state index in [1.165, 1.54) is 42.2 Å². The number of imidazole rings is 1. The summed E-state index contributed by atoms with van der Waals surface area (Å²) in [5.41, 5.74) is -1.54. The van der Waals surface area contributed by atoms with Gasteiger partial charge < -0.3 is 14.5 Å². The monoisotopic (exact) mass is 340 g/mol. The minimum atomic E-state index is -1.02. The van der Waals surface area contributed by atoms with Crippen LogP contribution in [0.4, 0.5) is 0 Å². The topological polar surface area (TPSA) is 108 Å². The third-order valence-electron chi connectivity index (χ3n) is 3.38. The Hall–Kier alpha value is -2.36. The SMILES string of the molecule is Cn1cnc2c1c(=O)n(OC(=O)c1ccccc1O)c(=O)n2C.[NaH]. The zero-order valence-corrected chi connectivity index (χ0v) is 12.3. The van der Waals surface area contributed by atoms with Crippen molar-refractivity contribution in [3.05, 3.63) is 57.0 Å². The molecule has 0 saturated carbocycles. The van der Waals surface area contributed by atoms with Gasteiger partial charge in [-0.3, -0.25) is 9.36 Å². The number of fused-ring (bicyclic) bond motifs is 1. The molecular formula is C14H13N4NaO5. The number of phenolic OH excluding ortho intramolecular Hbond substituents is 1. The summed E-state index contributed by atoms with van der Waals surface area (Å²) in [6, 6.07) is 5.65. The van der Waals surface area contributed by atoms with Gasteiger partial charge in [-0.15, -0.1) is 0 Å². The first-order valence-electron chi connectivity index (χ1n) is 6.55. The van der Waals surface area contributed by atoms with Crippen LogP contribution in [0.3, 0.4) is 0 Å². The molecule has 3 aromatic rings. The molecule has 0 radical (unpaired) electrons. The zero-order chi connectivity index (χ0) is 16.7. The van der Waals surface area contributed by atoms with Gasteiger partial charge in [0.2, 0.25) is 0 Å². The van der Waals surface area contributed by atoms with Gasteiger partial charge in [0, 0.05) is 14.1 Å². The van der Waals surface area contributed by atoms with Crippen LogP contribution >= 0.6 is 0 Å². The molecule has 0 saturated heterocycles. The Morgan fingerprint density at radius 3 is 2.54 bits per heavy atom. The summed E-state index contributed by atoms with van der Waals surface area (Å²) >= 11 is 0. The molecule has 0 unspecified atom stereocenters. The van der Waals surface area contributed by atoms with Crippen molar-refractivity contribution in [2.45, 2.75) is 0 Å². The van der Waals surface area contributed by atoms with E-state index < -0.39 is 17.2 Å². The summed E-state index contributed by atoms with van der Waals surface area (Å²) in [6.07, 6.45) is 1.38. The molecule has 0 fully saturated rings. The van der Waals surface area contributed by atoms with Gasteiger partial charge in [0.15, 0.2) is 11.2 Å². The maximum absolute atomic E-state index is 12.4. The van der Waals surface area contributed by atoms with Crippen molar-refractivity contribution in [1.29, 1.82) is 0 Å². The molecule has 24 heavy (non-hydrogen) atoms. The molecule has 120 valence electrons. The quantitative estimate of drug-likeness (QED) is 0.585. The second-order valence-corrected chi connectivity index (χ2v) is 4.86. The van der Waals surface area contributed by atoms with Gasteiger partial charge in [0.05, 0.1) is 6.33 Å². The summed E-state index contributed by atoms with van der Waals surface area (Å²) in [5, 5.41) is 9.65. The summed E-state index contributed by atoms with van der Waals surface area (Å²) in [5.74, 6) is -1.34. The average Bonchev–Trinajstić information content (AvgIpc) is 2.91. The number of rotatable bonds is 2. The third-order valence-corrected chi connectivity index (χ3v) is 3.38. The van der Waals surface area contributed by atoms with Crippen LogP contribution < -0.4 is 16.1 Å². The Balaban J connectivity index is 0.00000208. The molecule has 0 bridgehead atoms. The average molecular weight is 340 g/mol. The molecule has 0 aliphatic carbocycles. The van der Waals surface area contributed by atoms with Crippen molar-refractivity contribution >= 4 is 46.7 Å². The summed E-state index contributed by atoms with van der Waals surface area (Å²) in [7, 11) is 2.98. The van der Waals surface area contributed by atoms with E-state index in [2.05, 4.69) is 4.98 Å². The number of hydrogen-bond acceptors (Lipinski definition) is 6. The molecule has 1 aromatic carbocycles. The van der Waals surface area contributed by atoms with Crippen molar-refractivity contribution < 1.29 is 14.7 Å². The number of aromatic nitrogens is 4. The first-order valence-corrected chi connectivity index (χ1v) is 6.55. The summed E-state index contributed by atoms with van der Waals surface area (Å²) < 4.78 is 2.86. The summed E-state index contributed by atoms with van der Waals surface area (Å²) in [4.78, 5) is 45.5. The molecule has 0 spiro atoms. The van der Waals surface area contributed by atoms with Gasteiger partial charge in [-0.05, 0) is 12.1 Å². The van der Waals surface area contributed by atoms with Crippen LogP contribution in [0.5, 0.6) is 5.75 Å². The fourth-order valence-electron chi connectivity index (χ4n) is 2.18. The van der Waals surface area contributed by atoms with Crippen LogP contribution in [0.1, 0.15) is 10.4 Å². The zero-order valence-electron chi connectivity index (χ0n) is 12.3. The van der Waals surface area contributed by atoms with Gasteiger partial charge in [0.25, 0.3) is 0 Å². The van der Waals surface area contributed by atoms with Crippen molar-refractivity contribution in [1.82, 2.24) is 18.8 Å².